The number of benzene rings is 1. The smallest absolute Gasteiger partial charge is 0.278 e. The Morgan fingerprint density at radius 3 is 2.19 bits per heavy atom. The molecule has 0 aromatic heterocycles. The molecule has 0 radical (unpaired) electrons. The summed E-state index contributed by atoms with van der Waals surface area (Å²) >= 11 is 0. The average Bonchev–Trinajstić information content (AvgIpc) is 2.91. The van der Waals surface area contributed by atoms with E-state index in [2.05, 4.69) is 23.8 Å². The van der Waals surface area contributed by atoms with Crippen LogP contribution in [-0.2, 0) is 9.59 Å². The van der Waals surface area contributed by atoms with Gasteiger partial charge in [-0.2, -0.15) is 0 Å². The van der Waals surface area contributed by atoms with Gasteiger partial charge in [-0.15, -0.1) is 0 Å². The third kappa shape index (κ3) is 3.86. The normalized spacial score (nSPS) is 18.9. The van der Waals surface area contributed by atoms with Crippen LogP contribution in [0.1, 0.15) is 32.8 Å². The zero-order chi connectivity index (χ0) is 19.6. The molecular formula is C21H29N3O3. The zero-order valence-electron chi connectivity index (χ0n) is 16.7. The maximum absolute atomic E-state index is 13.1. The van der Waals surface area contributed by atoms with Gasteiger partial charge < -0.3 is 14.5 Å². The minimum Gasteiger partial charge on any atom is -0.494 e. The van der Waals surface area contributed by atoms with Gasteiger partial charge in [-0.3, -0.25) is 14.5 Å². The van der Waals surface area contributed by atoms with Crippen molar-refractivity contribution in [3.8, 4) is 5.75 Å². The molecule has 2 amide bonds. The third-order valence-corrected chi connectivity index (χ3v) is 5.04. The molecule has 0 aliphatic carbocycles. The molecule has 1 saturated heterocycles. The molecule has 0 spiro atoms. The molecule has 1 aromatic carbocycles. The number of hydrogen-bond acceptors (Lipinski definition) is 5. The number of nitrogens with zero attached hydrogens (tertiary/aromatic N) is 3. The number of ether oxygens (including phenoxy) is 1. The van der Waals surface area contributed by atoms with Crippen LogP contribution in [0.4, 0.5) is 0 Å². The first kappa shape index (κ1) is 19.4. The number of amides is 2. The molecular weight excluding hydrogens is 342 g/mol. The van der Waals surface area contributed by atoms with Gasteiger partial charge in [-0.05, 0) is 45.0 Å². The van der Waals surface area contributed by atoms with Gasteiger partial charge >= 0.3 is 0 Å². The summed E-state index contributed by atoms with van der Waals surface area (Å²) in [6.45, 7) is 9.73. The third-order valence-electron chi connectivity index (χ3n) is 5.04. The molecule has 27 heavy (non-hydrogen) atoms. The van der Waals surface area contributed by atoms with Gasteiger partial charge in [0.1, 0.15) is 11.4 Å². The molecule has 2 aliphatic rings. The second-order valence-corrected chi connectivity index (χ2v) is 7.46. The fourth-order valence-electron chi connectivity index (χ4n) is 3.53. The Bertz CT molecular complexity index is 732. The molecule has 2 aliphatic heterocycles. The molecule has 146 valence electrons. The Hall–Kier alpha value is -2.34. The fourth-order valence-corrected chi connectivity index (χ4v) is 3.53. The second kappa shape index (κ2) is 8.13. The summed E-state index contributed by atoms with van der Waals surface area (Å²) in [5, 5.41) is 0. The molecule has 6 nitrogen and oxygen atoms in total. The highest BCUT2D eigenvalue weighted by atomic mass is 16.5. The summed E-state index contributed by atoms with van der Waals surface area (Å²) in [6, 6.07) is 7.33. The largest absolute Gasteiger partial charge is 0.494 e. The Morgan fingerprint density at radius 1 is 1.00 bits per heavy atom. The first-order valence-corrected chi connectivity index (χ1v) is 9.73. The van der Waals surface area contributed by atoms with Crippen LogP contribution in [0, 0.1) is 0 Å². The van der Waals surface area contributed by atoms with Gasteiger partial charge in [-0.25, -0.2) is 0 Å². The molecule has 0 atom stereocenters. The van der Waals surface area contributed by atoms with E-state index >= 15 is 0 Å². The van der Waals surface area contributed by atoms with Gasteiger partial charge in [0.25, 0.3) is 11.8 Å². The lowest BCUT2D eigenvalue weighted by atomic mass is 10.0. The quantitative estimate of drug-likeness (QED) is 0.718. The maximum atomic E-state index is 13.1. The number of imide groups is 1. The number of likely N-dealkylation sites (N-methyl/N-ethyl adjacent to an activating group) is 1. The first-order valence-electron chi connectivity index (χ1n) is 9.73. The summed E-state index contributed by atoms with van der Waals surface area (Å²) in [5.74, 6) is 0.395. The van der Waals surface area contributed by atoms with E-state index < -0.39 is 0 Å². The molecule has 0 N–H and O–H groups in total. The molecule has 1 aromatic rings. The van der Waals surface area contributed by atoms with Crippen LogP contribution in [0.15, 0.2) is 30.0 Å². The van der Waals surface area contributed by atoms with Crippen molar-refractivity contribution in [2.24, 2.45) is 0 Å². The van der Waals surface area contributed by atoms with E-state index in [1.165, 1.54) is 4.90 Å². The van der Waals surface area contributed by atoms with E-state index in [0.717, 1.165) is 43.9 Å². The second-order valence-electron chi connectivity index (χ2n) is 7.46. The first-order chi connectivity index (χ1) is 12.9. The van der Waals surface area contributed by atoms with E-state index in [-0.39, 0.29) is 17.9 Å². The number of carbonyl (C=O) groups is 2. The van der Waals surface area contributed by atoms with Gasteiger partial charge in [0.2, 0.25) is 0 Å². The van der Waals surface area contributed by atoms with Crippen molar-refractivity contribution in [2.45, 2.75) is 33.2 Å². The molecule has 1 fully saturated rings. The van der Waals surface area contributed by atoms with Crippen LogP contribution in [0.2, 0.25) is 0 Å². The Balaban J connectivity index is 1.97. The topological polar surface area (TPSA) is 53.1 Å². The van der Waals surface area contributed by atoms with Crippen LogP contribution in [-0.4, -0.2) is 72.4 Å². The van der Waals surface area contributed by atoms with Crippen LogP contribution < -0.4 is 4.74 Å². The van der Waals surface area contributed by atoms with Crippen LogP contribution >= 0.6 is 0 Å². The lowest BCUT2D eigenvalue weighted by Crippen LogP contribution is -2.46. The molecule has 0 saturated carbocycles. The average molecular weight is 371 g/mol. The summed E-state index contributed by atoms with van der Waals surface area (Å²) in [5.41, 5.74) is 1.83. The van der Waals surface area contributed by atoms with Crippen LogP contribution in [0.5, 0.6) is 5.75 Å². The van der Waals surface area contributed by atoms with Crippen molar-refractivity contribution in [3.63, 3.8) is 0 Å². The van der Waals surface area contributed by atoms with Crippen molar-refractivity contribution in [2.75, 3.05) is 39.8 Å². The summed E-state index contributed by atoms with van der Waals surface area (Å²) in [6.07, 6.45) is 0.941. The van der Waals surface area contributed by atoms with Gasteiger partial charge in [0.05, 0.1) is 12.2 Å². The Kier molecular flexibility index (Phi) is 5.85. The highest BCUT2D eigenvalue weighted by molar-refractivity contribution is 6.35. The van der Waals surface area contributed by atoms with Crippen LogP contribution in [0.25, 0.3) is 5.57 Å². The molecule has 6 heteroatoms. The Labute approximate surface area is 161 Å². The molecule has 3 rings (SSSR count). The fraction of sp³-hybridized carbons (Fsp3) is 0.524. The van der Waals surface area contributed by atoms with E-state index in [0.29, 0.717) is 17.9 Å². The van der Waals surface area contributed by atoms with E-state index in [4.69, 9.17) is 4.74 Å². The summed E-state index contributed by atoms with van der Waals surface area (Å²) < 4.78 is 5.64. The van der Waals surface area contributed by atoms with E-state index in [1.807, 2.05) is 38.1 Å². The minimum absolute atomic E-state index is 0.169. The van der Waals surface area contributed by atoms with Gasteiger partial charge in [-0.1, -0.05) is 19.1 Å². The van der Waals surface area contributed by atoms with Crippen molar-refractivity contribution < 1.29 is 14.3 Å². The standard InChI is InChI=1S/C21H29N3O3/c1-5-14-27-17-8-6-16(7-9-17)18-19(23-12-10-22(4)11-13-23)21(26)24(15(2)3)20(18)25/h6-9,15H,5,10-14H2,1-4H3. The predicted molar refractivity (Wildman–Crippen MR) is 105 cm³/mol. The van der Waals surface area contributed by atoms with Gasteiger partial charge in [0, 0.05) is 32.2 Å². The number of carbonyl (C=O) groups excluding carboxylic acids is 2. The van der Waals surface area contributed by atoms with Crippen molar-refractivity contribution in [1.82, 2.24) is 14.7 Å². The lowest BCUT2D eigenvalue weighted by Gasteiger charge is -2.34. The van der Waals surface area contributed by atoms with Crippen molar-refractivity contribution >= 4 is 17.4 Å². The monoisotopic (exact) mass is 371 g/mol. The van der Waals surface area contributed by atoms with Crippen LogP contribution in [0.3, 0.4) is 0 Å². The van der Waals surface area contributed by atoms with E-state index in [1.54, 1.807) is 0 Å². The predicted octanol–water partition coefficient (Wildman–Crippen LogP) is 2.21. The molecule has 0 bridgehead atoms. The summed E-state index contributed by atoms with van der Waals surface area (Å²) in [7, 11) is 2.07. The molecule has 2 heterocycles. The SMILES string of the molecule is CCCOc1ccc(C2=C(N3CCN(C)CC3)C(=O)N(C(C)C)C2=O)cc1. The number of rotatable bonds is 6. The lowest BCUT2D eigenvalue weighted by molar-refractivity contribution is -0.139. The highest BCUT2D eigenvalue weighted by Gasteiger charge is 2.43. The zero-order valence-corrected chi connectivity index (χ0v) is 16.7. The van der Waals surface area contributed by atoms with Crippen molar-refractivity contribution in [1.29, 1.82) is 0 Å². The molecule has 0 unspecified atom stereocenters. The Morgan fingerprint density at radius 2 is 1.63 bits per heavy atom. The number of hydrogen-bond donors (Lipinski definition) is 0. The summed E-state index contributed by atoms with van der Waals surface area (Å²) in [4.78, 5) is 31.9. The number of piperazine rings is 1. The van der Waals surface area contributed by atoms with Crippen molar-refractivity contribution in [3.05, 3.63) is 35.5 Å². The minimum atomic E-state index is -0.203. The highest BCUT2D eigenvalue weighted by Crippen LogP contribution is 2.34. The maximum Gasteiger partial charge on any atom is 0.278 e. The van der Waals surface area contributed by atoms with E-state index in [9.17, 15) is 9.59 Å². The van der Waals surface area contributed by atoms with Gasteiger partial charge in [0.15, 0.2) is 0 Å².